The summed E-state index contributed by atoms with van der Waals surface area (Å²) in [6.07, 6.45) is 2.01. The summed E-state index contributed by atoms with van der Waals surface area (Å²) in [7, 11) is 0. The first-order chi connectivity index (χ1) is 15.0. The van der Waals surface area contributed by atoms with Gasteiger partial charge in [0.1, 0.15) is 0 Å². The molecule has 1 amide bonds. The lowest BCUT2D eigenvalue weighted by Crippen LogP contribution is -2.51. The van der Waals surface area contributed by atoms with Crippen molar-refractivity contribution in [2.45, 2.75) is 25.0 Å². The molecule has 3 N–H and O–H groups in total. The molecule has 0 aromatic heterocycles. The lowest BCUT2D eigenvalue weighted by atomic mass is 9.75. The summed E-state index contributed by atoms with van der Waals surface area (Å²) in [5.41, 5.74) is 9.64. The van der Waals surface area contributed by atoms with Crippen molar-refractivity contribution >= 4 is 5.91 Å². The van der Waals surface area contributed by atoms with Gasteiger partial charge in [0.2, 0.25) is 5.91 Å². The summed E-state index contributed by atoms with van der Waals surface area (Å²) >= 11 is 0. The number of nitrogens with zero attached hydrogens (tertiary/aromatic N) is 1. The predicted molar refractivity (Wildman–Crippen MR) is 122 cm³/mol. The monoisotopic (exact) mass is 412 g/mol. The van der Waals surface area contributed by atoms with Crippen molar-refractivity contribution in [2.75, 3.05) is 13.1 Å². The van der Waals surface area contributed by atoms with E-state index < -0.39 is 11.5 Å². The summed E-state index contributed by atoms with van der Waals surface area (Å²) in [6, 6.07) is 26.5. The van der Waals surface area contributed by atoms with Crippen LogP contribution in [0.25, 0.3) is 11.1 Å². The summed E-state index contributed by atoms with van der Waals surface area (Å²) in [5.74, 6) is -0.120. The third-order valence-corrected chi connectivity index (χ3v) is 7.14. The lowest BCUT2D eigenvalue weighted by Gasteiger charge is -2.45. The second-order valence-electron chi connectivity index (χ2n) is 9.00. The zero-order valence-corrected chi connectivity index (χ0v) is 17.6. The van der Waals surface area contributed by atoms with Gasteiger partial charge >= 0.3 is 0 Å². The number of rotatable bonds is 5. The first kappa shape index (κ1) is 20.0. The van der Waals surface area contributed by atoms with Crippen molar-refractivity contribution in [3.05, 3.63) is 95.6 Å². The third kappa shape index (κ3) is 3.67. The minimum atomic E-state index is -0.876. The van der Waals surface area contributed by atoms with E-state index in [0.29, 0.717) is 5.56 Å². The maximum Gasteiger partial charge on any atom is 0.248 e. The van der Waals surface area contributed by atoms with E-state index in [4.69, 9.17) is 5.73 Å². The second kappa shape index (κ2) is 7.95. The Kier molecular flexibility index (Phi) is 5.12. The molecule has 5 rings (SSSR count). The number of amides is 1. The molecular weight excluding hydrogens is 384 g/mol. The van der Waals surface area contributed by atoms with Gasteiger partial charge in [0.05, 0.1) is 5.60 Å². The molecule has 0 radical (unpaired) electrons. The van der Waals surface area contributed by atoms with E-state index in [1.54, 1.807) is 12.1 Å². The Morgan fingerprint density at radius 1 is 0.903 bits per heavy atom. The highest BCUT2D eigenvalue weighted by molar-refractivity contribution is 5.92. The van der Waals surface area contributed by atoms with Crippen molar-refractivity contribution in [2.24, 2.45) is 17.6 Å². The molecule has 2 bridgehead atoms. The lowest BCUT2D eigenvalue weighted by molar-refractivity contribution is -0.0914. The van der Waals surface area contributed by atoms with E-state index in [1.807, 2.05) is 18.2 Å². The van der Waals surface area contributed by atoms with Crippen LogP contribution in [-0.2, 0) is 12.1 Å². The molecule has 1 aliphatic heterocycles. The Labute approximate surface area is 183 Å². The fourth-order valence-corrected chi connectivity index (χ4v) is 5.55. The van der Waals surface area contributed by atoms with Gasteiger partial charge in [-0.05, 0) is 47.2 Å². The summed E-state index contributed by atoms with van der Waals surface area (Å²) < 4.78 is 0. The Morgan fingerprint density at radius 2 is 1.55 bits per heavy atom. The van der Waals surface area contributed by atoms with Gasteiger partial charge in [-0.3, -0.25) is 9.69 Å². The van der Waals surface area contributed by atoms with Crippen LogP contribution >= 0.6 is 0 Å². The van der Waals surface area contributed by atoms with Crippen molar-refractivity contribution in [3.63, 3.8) is 0 Å². The highest BCUT2D eigenvalue weighted by Crippen LogP contribution is 2.51. The zero-order valence-electron chi connectivity index (χ0n) is 17.6. The molecule has 3 aromatic rings. The molecule has 4 heteroatoms. The first-order valence-corrected chi connectivity index (χ1v) is 11.0. The number of nitrogens with two attached hydrogens (primary N) is 1. The van der Waals surface area contributed by atoms with Gasteiger partial charge in [0, 0.05) is 37.0 Å². The van der Waals surface area contributed by atoms with Crippen molar-refractivity contribution < 1.29 is 9.90 Å². The molecule has 2 aliphatic rings. The highest BCUT2D eigenvalue weighted by Gasteiger charge is 2.53. The van der Waals surface area contributed by atoms with Gasteiger partial charge in [0.25, 0.3) is 0 Å². The Morgan fingerprint density at radius 3 is 2.19 bits per heavy atom. The van der Waals surface area contributed by atoms with Gasteiger partial charge in [0.15, 0.2) is 0 Å². The number of primary amides is 1. The summed E-state index contributed by atoms with van der Waals surface area (Å²) in [6.45, 7) is 2.60. The Hall–Kier alpha value is -2.95. The average Bonchev–Trinajstić information content (AvgIpc) is 2.97. The standard InChI is InChI=1S/C27H28N2O2/c28-26(30)22-7-4-8-23(15-22)27(31)24-13-14-25(27)18-29(17-24)16-19-9-11-21(12-10-19)20-5-2-1-3-6-20/h1-12,15,24-25,31H,13-14,16-18H2,(H2,28,30). The van der Waals surface area contributed by atoms with Crippen LogP contribution in [-0.4, -0.2) is 29.0 Å². The van der Waals surface area contributed by atoms with Gasteiger partial charge in [-0.1, -0.05) is 66.7 Å². The SMILES string of the molecule is NC(=O)c1cccc(C2(O)C3CCC2CN(Cc2ccc(-c4ccccc4)cc2)C3)c1. The average molecular weight is 413 g/mol. The second-order valence-corrected chi connectivity index (χ2v) is 9.00. The minimum Gasteiger partial charge on any atom is -0.384 e. The van der Waals surface area contributed by atoms with Crippen LogP contribution in [0, 0.1) is 11.8 Å². The smallest absolute Gasteiger partial charge is 0.248 e. The maximum absolute atomic E-state index is 11.7. The van der Waals surface area contributed by atoms with Crippen LogP contribution in [0.3, 0.4) is 0 Å². The van der Waals surface area contributed by atoms with Crippen molar-refractivity contribution in [1.82, 2.24) is 4.90 Å². The third-order valence-electron chi connectivity index (χ3n) is 7.14. The van der Waals surface area contributed by atoms with Crippen molar-refractivity contribution in [1.29, 1.82) is 0 Å². The topological polar surface area (TPSA) is 66.6 Å². The Bertz CT molecular complexity index is 1060. The van der Waals surface area contributed by atoms with Crippen LogP contribution in [0.5, 0.6) is 0 Å². The first-order valence-electron chi connectivity index (χ1n) is 11.0. The van der Waals surface area contributed by atoms with Gasteiger partial charge < -0.3 is 10.8 Å². The number of carbonyl (C=O) groups excluding carboxylic acids is 1. The fourth-order valence-electron chi connectivity index (χ4n) is 5.55. The zero-order chi connectivity index (χ0) is 21.4. The molecule has 2 atom stereocenters. The number of hydrogen-bond donors (Lipinski definition) is 2. The number of likely N-dealkylation sites (tertiary alicyclic amines) is 1. The van der Waals surface area contributed by atoms with E-state index in [2.05, 4.69) is 53.4 Å². The minimum absolute atomic E-state index is 0.165. The van der Waals surface area contributed by atoms with Crippen molar-refractivity contribution in [3.8, 4) is 11.1 Å². The predicted octanol–water partition coefficient (Wildman–Crippen LogP) is 4.18. The molecule has 4 nitrogen and oxygen atoms in total. The number of benzene rings is 3. The van der Waals surface area contributed by atoms with Crippen LogP contribution in [0.1, 0.15) is 34.3 Å². The van der Waals surface area contributed by atoms with Crippen LogP contribution in [0.15, 0.2) is 78.9 Å². The molecular formula is C27H28N2O2. The normalized spacial score (nSPS) is 25.5. The van der Waals surface area contributed by atoms with E-state index in [0.717, 1.165) is 38.0 Å². The van der Waals surface area contributed by atoms with Crippen LogP contribution < -0.4 is 5.73 Å². The fraction of sp³-hybridized carbons (Fsp3) is 0.296. The molecule has 2 unspecified atom stereocenters. The van der Waals surface area contributed by atoms with E-state index in [9.17, 15) is 9.90 Å². The van der Waals surface area contributed by atoms with E-state index in [-0.39, 0.29) is 11.8 Å². The molecule has 1 saturated carbocycles. The number of fused-ring (bicyclic) bond motifs is 2. The van der Waals surface area contributed by atoms with E-state index in [1.165, 1.54) is 16.7 Å². The number of piperidine rings is 1. The van der Waals surface area contributed by atoms with Gasteiger partial charge in [-0.25, -0.2) is 0 Å². The number of carbonyl (C=O) groups is 1. The molecule has 2 fully saturated rings. The van der Waals surface area contributed by atoms with Gasteiger partial charge in [-0.15, -0.1) is 0 Å². The number of hydrogen-bond acceptors (Lipinski definition) is 3. The van der Waals surface area contributed by atoms with Gasteiger partial charge in [-0.2, -0.15) is 0 Å². The molecule has 0 spiro atoms. The summed E-state index contributed by atoms with van der Waals surface area (Å²) in [4.78, 5) is 14.1. The quantitative estimate of drug-likeness (QED) is 0.661. The molecule has 31 heavy (non-hydrogen) atoms. The highest BCUT2D eigenvalue weighted by atomic mass is 16.3. The molecule has 1 aliphatic carbocycles. The maximum atomic E-state index is 11.7. The molecule has 1 saturated heterocycles. The number of aliphatic hydroxyl groups is 1. The molecule has 3 aromatic carbocycles. The Balaban J connectivity index is 1.31. The summed E-state index contributed by atoms with van der Waals surface area (Å²) in [5, 5.41) is 11.7. The largest absolute Gasteiger partial charge is 0.384 e. The molecule has 1 heterocycles. The van der Waals surface area contributed by atoms with Crippen LogP contribution in [0.4, 0.5) is 0 Å². The van der Waals surface area contributed by atoms with Crippen LogP contribution in [0.2, 0.25) is 0 Å². The molecule has 158 valence electrons. The van der Waals surface area contributed by atoms with E-state index >= 15 is 0 Å².